The van der Waals surface area contributed by atoms with Gasteiger partial charge in [-0.3, -0.25) is 0 Å². The number of methoxy groups -OCH3 is 1. The molecule has 2 atom stereocenters. The van der Waals surface area contributed by atoms with E-state index in [9.17, 15) is 0 Å². The van der Waals surface area contributed by atoms with E-state index in [1.165, 1.54) is 38.5 Å². The van der Waals surface area contributed by atoms with E-state index in [2.05, 4.69) is 26.2 Å². The molecule has 0 bridgehead atoms. The summed E-state index contributed by atoms with van der Waals surface area (Å²) < 4.78 is 11.8. The molecule has 1 heterocycles. The predicted octanol–water partition coefficient (Wildman–Crippen LogP) is 2.99. The molecule has 3 heteroatoms. The molecule has 19 heavy (non-hydrogen) atoms. The van der Waals surface area contributed by atoms with E-state index in [0.29, 0.717) is 17.4 Å². The lowest BCUT2D eigenvalue weighted by Crippen LogP contribution is -2.58. The van der Waals surface area contributed by atoms with Crippen LogP contribution in [0, 0.1) is 11.3 Å². The van der Waals surface area contributed by atoms with Crippen LogP contribution in [0.15, 0.2) is 0 Å². The molecule has 1 aliphatic carbocycles. The average Bonchev–Trinajstić information content (AvgIpc) is 2.43. The van der Waals surface area contributed by atoms with Crippen LogP contribution < -0.4 is 5.32 Å². The highest BCUT2D eigenvalue weighted by atomic mass is 16.5. The van der Waals surface area contributed by atoms with Crippen molar-refractivity contribution in [2.45, 2.75) is 64.0 Å². The maximum absolute atomic E-state index is 6.06. The van der Waals surface area contributed by atoms with Crippen LogP contribution in [0.2, 0.25) is 0 Å². The molecule has 2 fully saturated rings. The minimum absolute atomic E-state index is 0.00956. The Kier molecular flexibility index (Phi) is 4.91. The molecule has 1 saturated heterocycles. The molecule has 2 unspecified atom stereocenters. The Morgan fingerprint density at radius 2 is 1.89 bits per heavy atom. The Hall–Kier alpha value is -0.120. The number of likely N-dealkylation sites (N-methyl/N-ethyl adjacent to an activating group) is 1. The number of nitrogens with one attached hydrogen (secondary N) is 1. The Bertz CT molecular complexity index is 274. The zero-order valence-electron chi connectivity index (χ0n) is 13.1. The predicted molar refractivity (Wildman–Crippen MR) is 78.4 cm³/mol. The highest BCUT2D eigenvalue weighted by Gasteiger charge is 2.46. The van der Waals surface area contributed by atoms with Crippen molar-refractivity contribution in [1.82, 2.24) is 5.32 Å². The highest BCUT2D eigenvalue weighted by molar-refractivity contribution is 5.01. The van der Waals surface area contributed by atoms with Crippen LogP contribution in [0.3, 0.4) is 0 Å². The quantitative estimate of drug-likeness (QED) is 0.851. The fourth-order valence-electron chi connectivity index (χ4n) is 3.95. The Balaban J connectivity index is 2.09. The molecule has 0 aromatic heterocycles. The Labute approximate surface area is 118 Å². The topological polar surface area (TPSA) is 30.5 Å². The highest BCUT2D eigenvalue weighted by Crippen LogP contribution is 2.45. The molecule has 1 saturated carbocycles. The van der Waals surface area contributed by atoms with Gasteiger partial charge in [0.1, 0.15) is 0 Å². The molecule has 1 aliphatic heterocycles. The van der Waals surface area contributed by atoms with Crippen LogP contribution in [0.5, 0.6) is 0 Å². The summed E-state index contributed by atoms with van der Waals surface area (Å²) in [7, 11) is 3.98. The van der Waals surface area contributed by atoms with Crippen molar-refractivity contribution in [3.05, 3.63) is 0 Å². The first-order valence-corrected chi connectivity index (χ1v) is 7.83. The normalized spacial score (nSPS) is 31.9. The van der Waals surface area contributed by atoms with Crippen molar-refractivity contribution in [3.63, 3.8) is 0 Å². The van der Waals surface area contributed by atoms with Gasteiger partial charge in [0.05, 0.1) is 12.2 Å². The van der Waals surface area contributed by atoms with Crippen molar-refractivity contribution in [2.24, 2.45) is 11.3 Å². The van der Waals surface area contributed by atoms with Crippen LogP contribution in [0.25, 0.3) is 0 Å². The SMILES string of the molecule is CNC(C1CCCOC1)C1(OC)CCC(C)(C)CC1. The van der Waals surface area contributed by atoms with Gasteiger partial charge in [-0.15, -0.1) is 0 Å². The summed E-state index contributed by atoms with van der Waals surface area (Å²) in [4.78, 5) is 0. The van der Waals surface area contributed by atoms with E-state index in [-0.39, 0.29) is 5.60 Å². The summed E-state index contributed by atoms with van der Waals surface area (Å²) in [5.74, 6) is 0.597. The molecule has 0 spiro atoms. The van der Waals surface area contributed by atoms with Crippen LogP contribution in [-0.2, 0) is 9.47 Å². The molecule has 2 rings (SSSR count). The fourth-order valence-corrected chi connectivity index (χ4v) is 3.95. The van der Waals surface area contributed by atoms with Crippen LogP contribution in [-0.4, -0.2) is 39.0 Å². The second-order valence-corrected chi connectivity index (χ2v) is 7.18. The monoisotopic (exact) mass is 269 g/mol. The first-order valence-electron chi connectivity index (χ1n) is 7.83. The first kappa shape index (κ1) is 15.3. The van der Waals surface area contributed by atoms with Gasteiger partial charge in [0, 0.05) is 25.7 Å². The third kappa shape index (κ3) is 3.32. The van der Waals surface area contributed by atoms with Gasteiger partial charge in [-0.2, -0.15) is 0 Å². The van der Waals surface area contributed by atoms with Gasteiger partial charge in [-0.25, -0.2) is 0 Å². The van der Waals surface area contributed by atoms with Gasteiger partial charge in [0.15, 0.2) is 0 Å². The molecule has 0 aromatic rings. The molecular formula is C16H31NO2. The van der Waals surface area contributed by atoms with E-state index < -0.39 is 0 Å². The van der Waals surface area contributed by atoms with Crippen molar-refractivity contribution in [3.8, 4) is 0 Å². The number of hydrogen-bond donors (Lipinski definition) is 1. The van der Waals surface area contributed by atoms with E-state index in [1.807, 2.05) is 7.11 Å². The second kappa shape index (κ2) is 6.11. The van der Waals surface area contributed by atoms with Gasteiger partial charge < -0.3 is 14.8 Å². The van der Waals surface area contributed by atoms with Gasteiger partial charge in [-0.05, 0) is 51.0 Å². The summed E-state index contributed by atoms with van der Waals surface area (Å²) in [5, 5.41) is 3.56. The fraction of sp³-hybridized carbons (Fsp3) is 1.00. The van der Waals surface area contributed by atoms with Crippen LogP contribution in [0.1, 0.15) is 52.4 Å². The molecule has 0 aromatic carbocycles. The summed E-state index contributed by atoms with van der Waals surface area (Å²) in [6, 6.07) is 0.425. The lowest BCUT2D eigenvalue weighted by Gasteiger charge is -2.49. The van der Waals surface area contributed by atoms with Crippen LogP contribution in [0.4, 0.5) is 0 Å². The summed E-state index contributed by atoms with van der Waals surface area (Å²) in [6.45, 7) is 6.58. The van der Waals surface area contributed by atoms with Gasteiger partial charge in [0.25, 0.3) is 0 Å². The lowest BCUT2D eigenvalue weighted by molar-refractivity contribution is -0.111. The lowest BCUT2D eigenvalue weighted by atomic mass is 9.66. The van der Waals surface area contributed by atoms with Crippen molar-refractivity contribution in [1.29, 1.82) is 0 Å². The van der Waals surface area contributed by atoms with E-state index in [0.717, 1.165) is 13.2 Å². The Morgan fingerprint density at radius 3 is 2.37 bits per heavy atom. The van der Waals surface area contributed by atoms with Gasteiger partial charge in [-0.1, -0.05) is 13.8 Å². The maximum atomic E-state index is 6.06. The molecule has 2 aliphatic rings. The second-order valence-electron chi connectivity index (χ2n) is 7.18. The summed E-state index contributed by atoms with van der Waals surface area (Å²) >= 11 is 0. The minimum Gasteiger partial charge on any atom is -0.381 e. The first-order chi connectivity index (χ1) is 9.03. The summed E-state index contributed by atoms with van der Waals surface area (Å²) in [5.41, 5.74) is 0.485. The summed E-state index contributed by atoms with van der Waals surface area (Å²) in [6.07, 6.45) is 7.30. The zero-order chi connectivity index (χ0) is 13.9. The number of hydrogen-bond acceptors (Lipinski definition) is 3. The molecule has 1 N–H and O–H groups in total. The molecule has 0 radical (unpaired) electrons. The number of rotatable bonds is 4. The van der Waals surface area contributed by atoms with E-state index >= 15 is 0 Å². The van der Waals surface area contributed by atoms with E-state index in [4.69, 9.17) is 9.47 Å². The van der Waals surface area contributed by atoms with Crippen molar-refractivity contribution < 1.29 is 9.47 Å². The van der Waals surface area contributed by atoms with Gasteiger partial charge >= 0.3 is 0 Å². The Morgan fingerprint density at radius 1 is 1.21 bits per heavy atom. The standard InChI is InChI=1S/C16H31NO2/c1-15(2)7-9-16(18-4,10-8-15)14(17-3)13-6-5-11-19-12-13/h13-14,17H,5-12H2,1-4H3. The molecule has 0 amide bonds. The van der Waals surface area contributed by atoms with Crippen molar-refractivity contribution in [2.75, 3.05) is 27.4 Å². The zero-order valence-corrected chi connectivity index (χ0v) is 13.1. The largest absolute Gasteiger partial charge is 0.381 e. The molecular weight excluding hydrogens is 238 g/mol. The van der Waals surface area contributed by atoms with Gasteiger partial charge in [0.2, 0.25) is 0 Å². The average molecular weight is 269 g/mol. The third-order valence-corrected chi connectivity index (χ3v) is 5.40. The molecule has 112 valence electrons. The maximum Gasteiger partial charge on any atom is 0.0834 e. The van der Waals surface area contributed by atoms with Crippen LogP contribution >= 0.6 is 0 Å². The van der Waals surface area contributed by atoms with Crippen molar-refractivity contribution >= 4 is 0 Å². The number of ether oxygens (including phenoxy) is 2. The smallest absolute Gasteiger partial charge is 0.0834 e. The van der Waals surface area contributed by atoms with E-state index in [1.54, 1.807) is 0 Å². The third-order valence-electron chi connectivity index (χ3n) is 5.40. The minimum atomic E-state index is 0.00956. The molecule has 3 nitrogen and oxygen atoms in total.